The van der Waals surface area contributed by atoms with Gasteiger partial charge in [-0.2, -0.15) is 0 Å². The topological polar surface area (TPSA) is 41.6 Å². The summed E-state index contributed by atoms with van der Waals surface area (Å²) in [5, 5.41) is 3.48. The first-order valence-corrected chi connectivity index (χ1v) is 8.79. The normalized spacial score (nSPS) is 32.7. The van der Waals surface area contributed by atoms with Crippen LogP contribution in [0.25, 0.3) is 0 Å². The van der Waals surface area contributed by atoms with E-state index in [9.17, 15) is 4.79 Å². The average molecular weight is 296 g/mol. The Morgan fingerprint density at radius 1 is 1.33 bits per heavy atom. The number of hydrogen-bond acceptors (Lipinski definition) is 3. The van der Waals surface area contributed by atoms with Crippen molar-refractivity contribution in [3.05, 3.63) is 0 Å². The molecule has 0 aromatic carbocycles. The van der Waals surface area contributed by atoms with Crippen LogP contribution in [0.5, 0.6) is 0 Å². The number of nitrogens with zero attached hydrogens (tertiary/aromatic N) is 1. The highest BCUT2D eigenvalue weighted by molar-refractivity contribution is 5.84. The van der Waals surface area contributed by atoms with E-state index in [1.165, 1.54) is 0 Å². The van der Waals surface area contributed by atoms with Gasteiger partial charge in [-0.1, -0.05) is 33.6 Å². The van der Waals surface area contributed by atoms with E-state index in [-0.39, 0.29) is 17.8 Å². The molecule has 3 atom stereocenters. The highest BCUT2D eigenvalue weighted by Gasteiger charge is 2.44. The molecular formula is C17H32N2O2. The van der Waals surface area contributed by atoms with Crippen molar-refractivity contribution >= 4 is 5.91 Å². The van der Waals surface area contributed by atoms with Gasteiger partial charge < -0.3 is 9.64 Å². The summed E-state index contributed by atoms with van der Waals surface area (Å²) in [5.41, 5.74) is -0.0234. The van der Waals surface area contributed by atoms with Crippen molar-refractivity contribution in [1.29, 1.82) is 0 Å². The zero-order chi connectivity index (χ0) is 15.5. The van der Waals surface area contributed by atoms with Gasteiger partial charge in [0.25, 0.3) is 0 Å². The maximum absolute atomic E-state index is 12.7. The molecule has 2 aliphatic heterocycles. The number of unbranched alkanes of at least 4 members (excludes halogenated alkanes) is 1. The molecule has 4 nitrogen and oxygen atoms in total. The SMILES string of the molecule is CCCCC1NC(C)N(C2CCOC(CC)(CC)C2)C1=O. The second-order valence-corrected chi connectivity index (χ2v) is 6.67. The monoisotopic (exact) mass is 296 g/mol. The Bertz CT molecular complexity index is 355. The zero-order valence-corrected chi connectivity index (χ0v) is 14.2. The lowest BCUT2D eigenvalue weighted by atomic mass is 9.85. The van der Waals surface area contributed by atoms with Crippen LogP contribution < -0.4 is 5.32 Å². The Balaban J connectivity index is 2.05. The van der Waals surface area contributed by atoms with E-state index in [1.54, 1.807) is 0 Å². The Labute approximate surface area is 129 Å². The Morgan fingerprint density at radius 3 is 2.67 bits per heavy atom. The van der Waals surface area contributed by atoms with Crippen molar-refractivity contribution < 1.29 is 9.53 Å². The second kappa shape index (κ2) is 7.10. The largest absolute Gasteiger partial charge is 0.375 e. The fourth-order valence-corrected chi connectivity index (χ4v) is 3.91. The van der Waals surface area contributed by atoms with Gasteiger partial charge in [0, 0.05) is 12.6 Å². The third-order valence-corrected chi connectivity index (χ3v) is 5.41. The number of hydrogen-bond donors (Lipinski definition) is 1. The van der Waals surface area contributed by atoms with Crippen LogP contribution >= 0.6 is 0 Å². The highest BCUT2D eigenvalue weighted by Crippen LogP contribution is 2.35. The van der Waals surface area contributed by atoms with Crippen molar-refractivity contribution in [1.82, 2.24) is 10.2 Å². The number of rotatable bonds is 6. The molecule has 0 spiro atoms. The van der Waals surface area contributed by atoms with E-state index in [2.05, 4.69) is 37.9 Å². The first-order chi connectivity index (χ1) is 10.1. The number of amides is 1. The minimum absolute atomic E-state index is 0.0234. The number of carbonyl (C=O) groups excluding carboxylic acids is 1. The van der Waals surface area contributed by atoms with E-state index >= 15 is 0 Å². The van der Waals surface area contributed by atoms with Gasteiger partial charge in [0.15, 0.2) is 0 Å². The van der Waals surface area contributed by atoms with Crippen molar-refractivity contribution in [2.75, 3.05) is 6.61 Å². The molecule has 4 heteroatoms. The van der Waals surface area contributed by atoms with Crippen molar-refractivity contribution in [2.45, 2.75) is 96.5 Å². The molecular weight excluding hydrogens is 264 g/mol. The summed E-state index contributed by atoms with van der Waals surface area (Å²) < 4.78 is 6.06. The van der Waals surface area contributed by atoms with Gasteiger partial charge in [0.1, 0.15) is 0 Å². The molecule has 2 rings (SSSR count). The summed E-state index contributed by atoms with van der Waals surface area (Å²) in [7, 11) is 0. The van der Waals surface area contributed by atoms with E-state index in [0.29, 0.717) is 11.9 Å². The fraction of sp³-hybridized carbons (Fsp3) is 0.941. The van der Waals surface area contributed by atoms with Gasteiger partial charge in [0.2, 0.25) is 5.91 Å². The summed E-state index contributed by atoms with van der Waals surface area (Å²) in [4.78, 5) is 14.8. The van der Waals surface area contributed by atoms with Crippen LogP contribution in [0.1, 0.15) is 72.6 Å². The van der Waals surface area contributed by atoms with Gasteiger partial charge >= 0.3 is 0 Å². The van der Waals surface area contributed by atoms with Gasteiger partial charge in [-0.05, 0) is 39.0 Å². The Hall–Kier alpha value is -0.610. The van der Waals surface area contributed by atoms with Crippen LogP contribution in [0.3, 0.4) is 0 Å². The molecule has 21 heavy (non-hydrogen) atoms. The predicted molar refractivity (Wildman–Crippen MR) is 85.0 cm³/mol. The molecule has 1 amide bonds. The van der Waals surface area contributed by atoms with Gasteiger partial charge in [0.05, 0.1) is 17.8 Å². The third kappa shape index (κ3) is 3.42. The molecule has 0 aliphatic carbocycles. The maximum atomic E-state index is 12.7. The molecule has 122 valence electrons. The lowest BCUT2D eigenvalue weighted by Crippen LogP contribution is -2.51. The standard InChI is InChI=1S/C17H32N2O2/c1-5-8-9-15-16(20)19(13(4)18-15)14-10-11-21-17(6-2,7-3)12-14/h13-15,18H,5-12H2,1-4H3. The minimum atomic E-state index is -0.0234. The zero-order valence-electron chi connectivity index (χ0n) is 14.2. The molecule has 3 unspecified atom stereocenters. The first kappa shape index (κ1) is 16.8. The first-order valence-electron chi connectivity index (χ1n) is 8.79. The molecule has 0 bridgehead atoms. The van der Waals surface area contributed by atoms with E-state index in [0.717, 1.165) is 51.6 Å². The smallest absolute Gasteiger partial charge is 0.241 e. The van der Waals surface area contributed by atoms with Gasteiger partial charge in [-0.15, -0.1) is 0 Å². The Kier molecular flexibility index (Phi) is 5.67. The van der Waals surface area contributed by atoms with Crippen LogP contribution in [0.15, 0.2) is 0 Å². The molecule has 0 saturated carbocycles. The summed E-state index contributed by atoms with van der Waals surface area (Å²) in [6.45, 7) is 9.48. The van der Waals surface area contributed by atoms with Crippen LogP contribution in [0.2, 0.25) is 0 Å². The fourth-order valence-electron chi connectivity index (χ4n) is 3.91. The molecule has 0 aromatic heterocycles. The molecule has 2 aliphatic rings. The number of carbonyl (C=O) groups is 1. The quantitative estimate of drug-likeness (QED) is 0.819. The average Bonchev–Trinajstić information content (AvgIpc) is 2.79. The van der Waals surface area contributed by atoms with Gasteiger partial charge in [-0.25, -0.2) is 0 Å². The lowest BCUT2D eigenvalue weighted by Gasteiger charge is -2.44. The molecule has 2 heterocycles. The number of ether oxygens (including phenoxy) is 1. The van der Waals surface area contributed by atoms with Crippen molar-refractivity contribution in [3.8, 4) is 0 Å². The third-order valence-electron chi connectivity index (χ3n) is 5.41. The van der Waals surface area contributed by atoms with Crippen LogP contribution in [-0.4, -0.2) is 41.3 Å². The second-order valence-electron chi connectivity index (χ2n) is 6.67. The van der Waals surface area contributed by atoms with Crippen molar-refractivity contribution in [2.24, 2.45) is 0 Å². The predicted octanol–water partition coefficient (Wildman–Crippen LogP) is 3.06. The summed E-state index contributed by atoms with van der Waals surface area (Å²) in [5.74, 6) is 0.309. The summed E-state index contributed by atoms with van der Waals surface area (Å²) in [6.07, 6.45) is 7.41. The maximum Gasteiger partial charge on any atom is 0.241 e. The number of nitrogens with one attached hydrogen (secondary N) is 1. The van der Waals surface area contributed by atoms with Crippen LogP contribution in [0, 0.1) is 0 Å². The molecule has 1 N–H and O–H groups in total. The molecule has 2 saturated heterocycles. The van der Waals surface area contributed by atoms with Crippen LogP contribution in [0.4, 0.5) is 0 Å². The summed E-state index contributed by atoms with van der Waals surface area (Å²) in [6, 6.07) is 0.362. The van der Waals surface area contributed by atoms with Crippen molar-refractivity contribution in [3.63, 3.8) is 0 Å². The lowest BCUT2D eigenvalue weighted by molar-refractivity contribution is -0.143. The van der Waals surface area contributed by atoms with E-state index < -0.39 is 0 Å². The summed E-state index contributed by atoms with van der Waals surface area (Å²) >= 11 is 0. The van der Waals surface area contributed by atoms with Gasteiger partial charge in [-0.3, -0.25) is 10.1 Å². The molecule has 0 radical (unpaired) electrons. The van der Waals surface area contributed by atoms with Crippen LogP contribution in [-0.2, 0) is 9.53 Å². The Morgan fingerprint density at radius 2 is 2.05 bits per heavy atom. The molecule has 2 fully saturated rings. The van der Waals surface area contributed by atoms with E-state index in [1.807, 2.05) is 0 Å². The molecule has 0 aromatic rings. The minimum Gasteiger partial charge on any atom is -0.375 e. The van der Waals surface area contributed by atoms with E-state index in [4.69, 9.17) is 4.74 Å². The highest BCUT2D eigenvalue weighted by atomic mass is 16.5.